The normalized spacial score (nSPS) is 14.7. The molecule has 3 aromatic heterocycles. The highest BCUT2D eigenvalue weighted by atomic mass is 35.5. The molecule has 0 saturated carbocycles. The number of amides is 1. The Morgan fingerprint density at radius 3 is 2.54 bits per heavy atom. The molecule has 1 N–H and O–H groups in total. The number of aromatic carboxylic acids is 1. The number of benzene rings is 3. The van der Waals surface area contributed by atoms with Crippen molar-refractivity contribution in [2.75, 3.05) is 18.1 Å². The number of fused-ring (bicyclic) bond motifs is 4. The number of hydrogen-bond acceptors (Lipinski definition) is 4. The first-order chi connectivity index (χ1) is 23.0. The number of anilines is 1. The van der Waals surface area contributed by atoms with E-state index in [1.54, 1.807) is 18.2 Å². The highest BCUT2D eigenvalue weighted by molar-refractivity contribution is 6.35. The predicted molar refractivity (Wildman–Crippen MR) is 190 cm³/mol. The summed E-state index contributed by atoms with van der Waals surface area (Å²) in [6.07, 6.45) is 1.33. The fourth-order valence-electron chi connectivity index (χ4n) is 7.37. The monoisotopic (exact) mass is 663 g/mol. The molecule has 246 valence electrons. The lowest BCUT2D eigenvalue weighted by Crippen LogP contribution is -2.43. The Morgan fingerprint density at radius 2 is 1.83 bits per heavy atom. The van der Waals surface area contributed by atoms with Crippen molar-refractivity contribution in [1.82, 2.24) is 18.9 Å². The van der Waals surface area contributed by atoms with Crippen molar-refractivity contribution in [3.05, 3.63) is 99.5 Å². The number of ether oxygens (including phenoxy) is 1. The van der Waals surface area contributed by atoms with Gasteiger partial charge in [-0.25, -0.2) is 4.79 Å². The van der Waals surface area contributed by atoms with Crippen molar-refractivity contribution in [1.29, 1.82) is 0 Å². The Morgan fingerprint density at radius 1 is 1.04 bits per heavy atom. The average Bonchev–Trinajstić information content (AvgIpc) is 3.65. The molecule has 1 aliphatic rings. The second-order valence-electron chi connectivity index (χ2n) is 12.9. The highest BCUT2D eigenvalue weighted by Crippen LogP contribution is 2.45. The van der Waals surface area contributed by atoms with Crippen molar-refractivity contribution < 1.29 is 19.4 Å². The zero-order valence-electron chi connectivity index (χ0n) is 28.0. The van der Waals surface area contributed by atoms with Gasteiger partial charge in [0.1, 0.15) is 17.3 Å². The quantitative estimate of drug-likeness (QED) is 0.166. The minimum atomic E-state index is -0.987. The first-order valence-corrected chi connectivity index (χ1v) is 16.5. The molecule has 3 aromatic carbocycles. The van der Waals surface area contributed by atoms with E-state index in [0.29, 0.717) is 42.5 Å². The molecule has 0 spiro atoms. The van der Waals surface area contributed by atoms with E-state index in [0.717, 1.165) is 61.2 Å². The van der Waals surface area contributed by atoms with Crippen LogP contribution in [-0.4, -0.2) is 49.0 Å². The van der Waals surface area contributed by atoms with Crippen molar-refractivity contribution >= 4 is 51.1 Å². The summed E-state index contributed by atoms with van der Waals surface area (Å²) >= 11 is 7.05. The standard InChI is InChI=1S/C38H38ClN5O4/c1-21-9-7-10-27(17-21)48-16-8-11-28-29-13-14-30(39)34(33-23(3)40-42(6)24(33)4)35(29)44-22(2)20-43(37(45)36(28)44)32-19-26-18-25(38(46)47)12-15-31(26)41(32)5/h7,9-10,12-15,17-19,22H,8,11,16,20H2,1-6H3,(H,46,47)/t22-/m1/s1. The number of aryl methyl sites for hydroxylation is 5. The van der Waals surface area contributed by atoms with Crippen LogP contribution in [0.5, 0.6) is 5.75 Å². The number of rotatable bonds is 8. The van der Waals surface area contributed by atoms with Gasteiger partial charge in [0.05, 0.1) is 28.4 Å². The Kier molecular flexibility index (Phi) is 7.83. The SMILES string of the molecule is Cc1cccc(OCCCc2c3n(c4c(-c5c(C)nn(C)c5C)c(Cl)ccc24)[C@H](C)CN(c2cc4cc(C(=O)O)ccc4n2C)C3=O)c1. The summed E-state index contributed by atoms with van der Waals surface area (Å²) in [4.78, 5) is 28.4. The van der Waals surface area contributed by atoms with Crippen LogP contribution < -0.4 is 9.64 Å². The summed E-state index contributed by atoms with van der Waals surface area (Å²) in [5, 5.41) is 16.7. The van der Waals surface area contributed by atoms with Gasteiger partial charge in [0.15, 0.2) is 0 Å². The van der Waals surface area contributed by atoms with Crippen LogP contribution in [0.4, 0.5) is 5.82 Å². The minimum absolute atomic E-state index is 0.0976. The maximum Gasteiger partial charge on any atom is 0.335 e. The van der Waals surface area contributed by atoms with Crippen molar-refractivity contribution in [3.63, 3.8) is 0 Å². The molecule has 9 nitrogen and oxygen atoms in total. The van der Waals surface area contributed by atoms with E-state index < -0.39 is 5.97 Å². The van der Waals surface area contributed by atoms with Gasteiger partial charge >= 0.3 is 5.97 Å². The van der Waals surface area contributed by atoms with Crippen LogP contribution in [-0.2, 0) is 20.5 Å². The van der Waals surface area contributed by atoms with Crippen molar-refractivity contribution in [2.45, 2.75) is 46.6 Å². The van der Waals surface area contributed by atoms with Crippen LogP contribution >= 0.6 is 11.6 Å². The molecule has 0 radical (unpaired) electrons. The van der Waals surface area contributed by atoms with Crippen LogP contribution in [0.25, 0.3) is 32.9 Å². The fraction of sp³-hybridized carbons (Fsp3) is 0.289. The summed E-state index contributed by atoms with van der Waals surface area (Å²) < 4.78 is 12.1. The van der Waals surface area contributed by atoms with E-state index in [9.17, 15) is 14.7 Å². The number of nitrogens with zero attached hydrogens (tertiary/aromatic N) is 5. The van der Waals surface area contributed by atoms with Crippen molar-refractivity contribution in [3.8, 4) is 16.9 Å². The summed E-state index contributed by atoms with van der Waals surface area (Å²) in [5.74, 6) is 0.448. The van der Waals surface area contributed by atoms with Crippen LogP contribution in [0.1, 0.15) is 62.7 Å². The number of carboxylic acids is 1. The fourth-order valence-corrected chi connectivity index (χ4v) is 7.62. The molecule has 0 aliphatic carbocycles. The number of carboxylic acid groups (broad SMARTS) is 1. The van der Waals surface area contributed by atoms with Gasteiger partial charge in [0, 0.05) is 59.8 Å². The number of aromatic nitrogens is 4. The van der Waals surface area contributed by atoms with E-state index in [1.165, 1.54) is 0 Å². The van der Waals surface area contributed by atoms with E-state index >= 15 is 0 Å². The summed E-state index contributed by atoms with van der Waals surface area (Å²) in [6, 6.07) is 18.8. The Bertz CT molecular complexity index is 2280. The molecular weight excluding hydrogens is 626 g/mol. The maximum atomic E-state index is 14.8. The Labute approximate surface area is 283 Å². The molecular formula is C38H38ClN5O4. The number of carbonyl (C=O) groups excluding carboxylic acids is 1. The average molecular weight is 664 g/mol. The van der Waals surface area contributed by atoms with Gasteiger partial charge in [0.2, 0.25) is 0 Å². The number of hydrogen-bond donors (Lipinski definition) is 1. The predicted octanol–water partition coefficient (Wildman–Crippen LogP) is 8.04. The highest BCUT2D eigenvalue weighted by Gasteiger charge is 2.37. The van der Waals surface area contributed by atoms with Crippen LogP contribution in [0.2, 0.25) is 5.02 Å². The smallest absolute Gasteiger partial charge is 0.335 e. The molecule has 6 aromatic rings. The molecule has 0 saturated heterocycles. The van der Waals surface area contributed by atoms with Gasteiger partial charge in [0.25, 0.3) is 5.91 Å². The molecule has 1 aliphatic heterocycles. The maximum absolute atomic E-state index is 14.8. The minimum Gasteiger partial charge on any atom is -0.494 e. The van der Waals surface area contributed by atoms with Gasteiger partial charge in [-0.05, 0) is 94.1 Å². The molecule has 10 heteroatoms. The van der Waals surface area contributed by atoms with E-state index in [1.807, 2.05) is 91.5 Å². The van der Waals surface area contributed by atoms with Gasteiger partial charge < -0.3 is 19.0 Å². The van der Waals surface area contributed by atoms with Crippen LogP contribution in [0.15, 0.2) is 60.7 Å². The molecule has 0 unspecified atom stereocenters. The summed E-state index contributed by atoms with van der Waals surface area (Å²) in [6.45, 7) is 9.14. The van der Waals surface area contributed by atoms with E-state index in [4.69, 9.17) is 21.4 Å². The second-order valence-corrected chi connectivity index (χ2v) is 13.3. The lowest BCUT2D eigenvalue weighted by atomic mass is 9.98. The van der Waals surface area contributed by atoms with E-state index in [-0.39, 0.29) is 17.5 Å². The molecule has 0 bridgehead atoms. The van der Waals surface area contributed by atoms with Crippen LogP contribution in [0.3, 0.4) is 0 Å². The van der Waals surface area contributed by atoms with Gasteiger partial charge in [-0.15, -0.1) is 0 Å². The molecule has 1 atom stereocenters. The Balaban J connectivity index is 1.38. The molecule has 48 heavy (non-hydrogen) atoms. The number of halogens is 1. The van der Waals surface area contributed by atoms with Gasteiger partial charge in [-0.3, -0.25) is 14.4 Å². The third kappa shape index (κ3) is 5.04. The molecule has 7 rings (SSSR count). The summed E-state index contributed by atoms with van der Waals surface area (Å²) in [5.41, 5.74) is 8.48. The number of carbonyl (C=O) groups is 2. The third-order valence-electron chi connectivity index (χ3n) is 9.68. The van der Waals surface area contributed by atoms with E-state index in [2.05, 4.69) is 11.5 Å². The first kappa shape index (κ1) is 31.6. The first-order valence-electron chi connectivity index (χ1n) is 16.2. The van der Waals surface area contributed by atoms with Crippen molar-refractivity contribution in [2.24, 2.45) is 14.1 Å². The molecule has 4 heterocycles. The van der Waals surface area contributed by atoms with Gasteiger partial charge in [-0.1, -0.05) is 29.8 Å². The second kappa shape index (κ2) is 11.9. The zero-order chi connectivity index (χ0) is 34.0. The summed E-state index contributed by atoms with van der Waals surface area (Å²) in [7, 11) is 3.84. The zero-order valence-corrected chi connectivity index (χ0v) is 28.7. The lowest BCUT2D eigenvalue weighted by molar-refractivity contribution is 0.0696. The lowest BCUT2D eigenvalue weighted by Gasteiger charge is -2.34. The Hall–Kier alpha value is -5.02. The molecule has 0 fully saturated rings. The van der Waals surface area contributed by atoms with Gasteiger partial charge in [-0.2, -0.15) is 5.10 Å². The van der Waals surface area contributed by atoms with Crippen LogP contribution in [0, 0.1) is 20.8 Å². The topological polar surface area (TPSA) is 94.5 Å². The molecule has 1 amide bonds. The third-order valence-corrected chi connectivity index (χ3v) is 10.00. The largest absolute Gasteiger partial charge is 0.494 e.